The van der Waals surface area contributed by atoms with Crippen molar-refractivity contribution in [3.05, 3.63) is 59.5 Å². The number of benzene rings is 1. The molecule has 0 unspecified atom stereocenters. The third-order valence-corrected chi connectivity index (χ3v) is 4.18. The molecule has 4 nitrogen and oxygen atoms in total. The largest absolute Gasteiger partial charge is 0.489 e. The van der Waals surface area contributed by atoms with Gasteiger partial charge in [0.2, 0.25) is 5.39 Å². The van der Waals surface area contributed by atoms with E-state index in [1.165, 1.54) is 4.90 Å². The molecule has 0 amide bonds. The van der Waals surface area contributed by atoms with Crippen LogP contribution in [0.25, 0.3) is 4.98 Å². The fourth-order valence-corrected chi connectivity index (χ4v) is 3.03. The highest BCUT2D eigenvalue weighted by Gasteiger charge is 2.25. The Labute approximate surface area is 123 Å². The molecule has 0 aliphatic carbocycles. The minimum absolute atomic E-state index is 0.0235. The van der Waals surface area contributed by atoms with Crippen molar-refractivity contribution in [2.24, 2.45) is 0 Å². The first-order valence-electron chi connectivity index (χ1n) is 6.66. The SMILES string of the molecule is N#[N+]/C=C(/O)N1CCC[C@H]1/C=C\CSc1ccccc1. The van der Waals surface area contributed by atoms with Crippen molar-refractivity contribution in [3.63, 3.8) is 0 Å². The van der Waals surface area contributed by atoms with Gasteiger partial charge in [-0.3, -0.25) is 0 Å². The Balaban J connectivity index is 1.84. The highest BCUT2D eigenvalue weighted by Crippen LogP contribution is 2.23. The van der Waals surface area contributed by atoms with Gasteiger partial charge in [-0.25, -0.2) is 0 Å². The summed E-state index contributed by atoms with van der Waals surface area (Å²) in [6.45, 7) is 0.790. The lowest BCUT2D eigenvalue weighted by atomic mass is 10.2. The summed E-state index contributed by atoms with van der Waals surface area (Å²) in [5.74, 6) is 0.929. The molecule has 1 N–H and O–H groups in total. The smallest absolute Gasteiger partial charge is 0.409 e. The van der Waals surface area contributed by atoms with Crippen molar-refractivity contribution < 1.29 is 5.11 Å². The zero-order valence-corrected chi connectivity index (χ0v) is 12.0. The molecule has 2 rings (SSSR count). The Morgan fingerprint density at radius 3 is 3.00 bits per heavy atom. The van der Waals surface area contributed by atoms with Crippen LogP contribution in [0, 0.1) is 5.39 Å². The first-order chi connectivity index (χ1) is 9.81. The molecule has 1 atom stereocenters. The number of hydrogen-bond donors (Lipinski definition) is 1. The van der Waals surface area contributed by atoms with Gasteiger partial charge < -0.3 is 10.0 Å². The first-order valence-corrected chi connectivity index (χ1v) is 7.64. The third-order valence-electron chi connectivity index (χ3n) is 3.21. The summed E-state index contributed by atoms with van der Waals surface area (Å²) in [5.41, 5.74) is 0. The maximum atomic E-state index is 9.75. The maximum Gasteiger partial charge on any atom is 0.409 e. The number of nitrogens with zero attached hydrogens (tertiary/aromatic N) is 3. The van der Waals surface area contributed by atoms with E-state index in [-0.39, 0.29) is 11.9 Å². The number of thioether (sulfide) groups is 1. The standard InChI is InChI=1S/C15H17N3OS/c16-17-12-15(19)18-10-4-6-13(18)7-5-11-20-14-8-2-1-3-9-14/h1-3,5,7-9,12-13H,4,6,10-11H2/p+1/b7-5-,15-12+/t13-/m0/s1. The first kappa shape index (κ1) is 14.5. The van der Waals surface area contributed by atoms with E-state index in [1.807, 2.05) is 23.1 Å². The molecule has 0 bridgehead atoms. The molecule has 1 aromatic rings. The van der Waals surface area contributed by atoms with Gasteiger partial charge in [-0.05, 0) is 25.0 Å². The minimum Gasteiger partial charge on any atom is -0.489 e. The summed E-state index contributed by atoms with van der Waals surface area (Å²) >= 11 is 1.78. The van der Waals surface area contributed by atoms with Crippen LogP contribution in [0.4, 0.5) is 0 Å². The van der Waals surface area contributed by atoms with E-state index < -0.39 is 0 Å². The number of diazo groups is 1. The van der Waals surface area contributed by atoms with Crippen LogP contribution in [-0.4, -0.2) is 28.3 Å². The Morgan fingerprint density at radius 2 is 2.25 bits per heavy atom. The van der Waals surface area contributed by atoms with Gasteiger partial charge in [0.25, 0.3) is 5.88 Å². The van der Waals surface area contributed by atoms with E-state index in [0.717, 1.165) is 31.3 Å². The second kappa shape index (κ2) is 7.61. The summed E-state index contributed by atoms with van der Waals surface area (Å²) in [7, 11) is 0. The lowest BCUT2D eigenvalue weighted by Crippen LogP contribution is -2.26. The molecule has 0 saturated carbocycles. The van der Waals surface area contributed by atoms with Gasteiger partial charge in [0.1, 0.15) is 0 Å². The molecule has 0 spiro atoms. The van der Waals surface area contributed by atoms with Crippen LogP contribution in [0.2, 0.25) is 0 Å². The van der Waals surface area contributed by atoms with Crippen molar-refractivity contribution in [2.75, 3.05) is 12.3 Å². The van der Waals surface area contributed by atoms with Gasteiger partial charge >= 0.3 is 6.20 Å². The molecular weight excluding hydrogens is 270 g/mol. The lowest BCUT2D eigenvalue weighted by Gasteiger charge is -2.20. The Bertz CT molecular complexity index is 522. The molecule has 1 fully saturated rings. The normalized spacial score (nSPS) is 19.4. The van der Waals surface area contributed by atoms with E-state index in [0.29, 0.717) is 0 Å². The van der Waals surface area contributed by atoms with Crippen LogP contribution < -0.4 is 0 Å². The Kier molecular flexibility index (Phi) is 5.51. The number of rotatable bonds is 5. The summed E-state index contributed by atoms with van der Waals surface area (Å²) in [4.78, 5) is 5.97. The lowest BCUT2D eigenvalue weighted by molar-refractivity contribution is 0.208. The fraction of sp³-hybridized carbons (Fsp3) is 0.333. The molecule has 1 heterocycles. The second-order valence-electron chi connectivity index (χ2n) is 4.56. The van der Waals surface area contributed by atoms with Gasteiger partial charge in [-0.15, -0.1) is 11.8 Å². The van der Waals surface area contributed by atoms with Crippen LogP contribution in [0.5, 0.6) is 0 Å². The van der Waals surface area contributed by atoms with E-state index in [4.69, 9.17) is 5.39 Å². The number of hydrogen-bond acceptors (Lipinski definition) is 4. The predicted octanol–water partition coefficient (Wildman–Crippen LogP) is 4.01. The summed E-state index contributed by atoms with van der Waals surface area (Å²) < 4.78 is 0. The van der Waals surface area contributed by atoms with Crippen molar-refractivity contribution in [1.29, 1.82) is 5.39 Å². The van der Waals surface area contributed by atoms with Gasteiger partial charge in [0.15, 0.2) is 4.98 Å². The maximum absolute atomic E-state index is 9.75. The monoisotopic (exact) mass is 288 g/mol. The molecule has 1 aliphatic heterocycles. The van der Waals surface area contributed by atoms with Gasteiger partial charge in [0.05, 0.1) is 6.04 Å². The summed E-state index contributed by atoms with van der Waals surface area (Å²) in [6, 6.07) is 10.5. The Hall–Kier alpha value is -1.93. The highest BCUT2D eigenvalue weighted by atomic mass is 32.2. The number of likely N-dealkylation sites (tertiary alicyclic amines) is 1. The molecule has 1 aliphatic rings. The van der Waals surface area contributed by atoms with E-state index in [1.54, 1.807) is 11.8 Å². The minimum atomic E-state index is 0.0235. The van der Waals surface area contributed by atoms with Gasteiger partial charge in [-0.2, -0.15) is 0 Å². The summed E-state index contributed by atoms with van der Waals surface area (Å²) in [6.07, 6.45) is 7.36. The van der Waals surface area contributed by atoms with Gasteiger partial charge in [0, 0.05) is 17.2 Å². The average molecular weight is 288 g/mol. The van der Waals surface area contributed by atoms with Crippen LogP contribution in [0.3, 0.4) is 0 Å². The molecular formula is C15H18N3OS+. The molecule has 1 aromatic carbocycles. The molecule has 1 saturated heterocycles. The topological polar surface area (TPSA) is 51.6 Å². The number of aliphatic hydroxyl groups excluding tert-OH is 1. The Morgan fingerprint density at radius 1 is 1.45 bits per heavy atom. The quantitative estimate of drug-likeness (QED) is 0.385. The van der Waals surface area contributed by atoms with Crippen molar-refractivity contribution in [3.8, 4) is 0 Å². The highest BCUT2D eigenvalue weighted by molar-refractivity contribution is 7.99. The van der Waals surface area contributed by atoms with E-state index >= 15 is 0 Å². The second-order valence-corrected chi connectivity index (χ2v) is 5.65. The zero-order chi connectivity index (χ0) is 14.2. The van der Waals surface area contributed by atoms with Crippen molar-refractivity contribution >= 4 is 11.8 Å². The van der Waals surface area contributed by atoms with E-state index in [9.17, 15) is 5.11 Å². The van der Waals surface area contributed by atoms with Crippen LogP contribution in [0.1, 0.15) is 12.8 Å². The van der Waals surface area contributed by atoms with Gasteiger partial charge in [-0.1, -0.05) is 30.4 Å². The van der Waals surface area contributed by atoms with Crippen LogP contribution in [0.15, 0.2) is 59.5 Å². The molecule has 20 heavy (non-hydrogen) atoms. The molecule has 0 radical (unpaired) electrons. The number of aliphatic hydroxyl groups is 1. The molecule has 5 heteroatoms. The third kappa shape index (κ3) is 4.04. The van der Waals surface area contributed by atoms with E-state index in [2.05, 4.69) is 29.3 Å². The predicted molar refractivity (Wildman–Crippen MR) is 81.8 cm³/mol. The zero-order valence-electron chi connectivity index (χ0n) is 11.2. The van der Waals surface area contributed by atoms with Crippen molar-refractivity contribution in [1.82, 2.24) is 4.90 Å². The fourth-order valence-electron chi connectivity index (χ4n) is 2.28. The summed E-state index contributed by atoms with van der Waals surface area (Å²) in [5, 5.41) is 18.2. The molecule has 0 aromatic heterocycles. The van der Waals surface area contributed by atoms with Crippen LogP contribution in [-0.2, 0) is 0 Å². The molecule has 104 valence electrons. The van der Waals surface area contributed by atoms with Crippen LogP contribution >= 0.6 is 11.8 Å². The van der Waals surface area contributed by atoms with Crippen molar-refractivity contribution in [2.45, 2.75) is 23.8 Å². The average Bonchev–Trinajstić information content (AvgIpc) is 2.93.